The third-order valence-corrected chi connectivity index (χ3v) is 4.84. The Hall–Kier alpha value is -3.26. The van der Waals surface area contributed by atoms with Gasteiger partial charge in [-0.15, -0.1) is 0 Å². The van der Waals surface area contributed by atoms with E-state index in [1.54, 1.807) is 32.4 Å². The van der Waals surface area contributed by atoms with Crippen LogP contribution in [0.25, 0.3) is 6.08 Å². The van der Waals surface area contributed by atoms with E-state index in [0.717, 1.165) is 12.0 Å². The minimum Gasteiger partial charge on any atom is -0.435 e. The van der Waals surface area contributed by atoms with Crippen LogP contribution in [0.5, 0.6) is 5.75 Å². The number of aliphatic imine (C=N–C) groups is 1. The first-order valence-corrected chi connectivity index (χ1v) is 9.33. The number of hydrogen-bond acceptors (Lipinski definition) is 5. The summed E-state index contributed by atoms with van der Waals surface area (Å²) in [5, 5.41) is 0. The van der Waals surface area contributed by atoms with Crippen molar-refractivity contribution in [1.29, 1.82) is 0 Å². The Morgan fingerprint density at radius 3 is 2.53 bits per heavy atom. The number of nitrogens with zero attached hydrogens (tertiary/aromatic N) is 2. The maximum absolute atomic E-state index is 13.3. The number of carbonyl (C=O) groups is 1. The summed E-state index contributed by atoms with van der Waals surface area (Å²) in [6.45, 7) is -2.32. The molecule has 3 rings (SSSR count). The van der Waals surface area contributed by atoms with E-state index in [1.807, 2.05) is 30.4 Å². The van der Waals surface area contributed by atoms with E-state index in [-0.39, 0.29) is 17.6 Å². The fourth-order valence-electron chi connectivity index (χ4n) is 3.33. The van der Waals surface area contributed by atoms with Gasteiger partial charge in [0.15, 0.2) is 11.5 Å². The maximum Gasteiger partial charge on any atom is 0.387 e. The summed E-state index contributed by atoms with van der Waals surface area (Å²) in [7, 11) is 3.19. The zero-order valence-electron chi connectivity index (χ0n) is 16.7. The molecule has 6 nitrogen and oxygen atoms in total. The number of ether oxygens (including phenoxy) is 2. The first-order chi connectivity index (χ1) is 14.4. The Balaban J connectivity index is 2.05. The monoisotopic (exact) mass is 415 g/mol. The highest BCUT2D eigenvalue weighted by Gasteiger charge is 2.49. The minimum absolute atomic E-state index is 0.00511. The third kappa shape index (κ3) is 4.18. The van der Waals surface area contributed by atoms with E-state index in [0.29, 0.717) is 17.7 Å². The number of hydrogen-bond donors (Lipinski definition) is 1. The number of rotatable bonds is 8. The standard InChI is InChI=1S/C22H23F2N3O3/c1-27-19(28)22(26-21(27)25,16-9-11-18(12-10-16)30-20(23)24)17-8-5-7-15(14-17)6-3-4-13-29-2/h3,5-12,14,20H,4,13H2,1-2H3,(H2,25,26)/b6-3+/t22-/m1/s1. The molecule has 1 atom stereocenters. The SMILES string of the molecule is COCC/C=C/c1cccc([C@@]2(c3ccc(OC(F)F)cc3)N=C(N)N(C)C2=O)c1. The molecule has 0 bridgehead atoms. The van der Waals surface area contributed by atoms with E-state index >= 15 is 0 Å². The fourth-order valence-corrected chi connectivity index (χ4v) is 3.33. The van der Waals surface area contributed by atoms with Gasteiger partial charge in [-0.3, -0.25) is 9.69 Å². The highest BCUT2D eigenvalue weighted by atomic mass is 19.3. The summed E-state index contributed by atoms with van der Waals surface area (Å²) in [6, 6.07) is 13.3. The summed E-state index contributed by atoms with van der Waals surface area (Å²) in [6.07, 6.45) is 4.67. The smallest absolute Gasteiger partial charge is 0.387 e. The maximum atomic E-state index is 13.3. The lowest BCUT2D eigenvalue weighted by molar-refractivity contribution is -0.129. The summed E-state index contributed by atoms with van der Waals surface area (Å²) in [5.74, 6) is -0.258. The van der Waals surface area contributed by atoms with Gasteiger partial charge >= 0.3 is 6.61 Å². The van der Waals surface area contributed by atoms with E-state index in [1.165, 1.54) is 17.0 Å². The molecule has 158 valence electrons. The van der Waals surface area contributed by atoms with Gasteiger partial charge in [-0.05, 0) is 41.3 Å². The van der Waals surface area contributed by atoms with Gasteiger partial charge in [0.05, 0.1) is 0 Å². The lowest BCUT2D eigenvalue weighted by Gasteiger charge is -2.26. The lowest BCUT2D eigenvalue weighted by Crippen LogP contribution is -2.41. The first-order valence-electron chi connectivity index (χ1n) is 9.33. The Morgan fingerprint density at radius 2 is 1.93 bits per heavy atom. The van der Waals surface area contributed by atoms with Crippen molar-refractivity contribution in [2.75, 3.05) is 20.8 Å². The molecule has 0 spiro atoms. The van der Waals surface area contributed by atoms with Crippen LogP contribution in [0.4, 0.5) is 8.78 Å². The number of benzene rings is 2. The molecular weight excluding hydrogens is 392 g/mol. The molecule has 30 heavy (non-hydrogen) atoms. The molecule has 1 amide bonds. The average molecular weight is 415 g/mol. The largest absolute Gasteiger partial charge is 0.435 e. The molecule has 1 aliphatic rings. The molecule has 1 aliphatic heterocycles. The Labute approximate surface area is 173 Å². The van der Waals surface area contributed by atoms with Crippen molar-refractivity contribution in [3.8, 4) is 5.75 Å². The molecule has 0 aliphatic carbocycles. The molecule has 0 fully saturated rings. The number of carbonyl (C=O) groups excluding carboxylic acids is 1. The summed E-state index contributed by atoms with van der Waals surface area (Å²) >= 11 is 0. The highest BCUT2D eigenvalue weighted by Crippen LogP contribution is 2.40. The minimum atomic E-state index is -2.93. The molecule has 0 unspecified atom stereocenters. The van der Waals surface area contributed by atoms with Crippen LogP contribution in [0.1, 0.15) is 23.1 Å². The van der Waals surface area contributed by atoms with Gasteiger partial charge in [-0.2, -0.15) is 8.78 Å². The zero-order chi connectivity index (χ0) is 21.7. The lowest BCUT2D eigenvalue weighted by atomic mass is 9.82. The third-order valence-electron chi connectivity index (χ3n) is 4.84. The molecule has 2 aromatic carbocycles. The van der Waals surface area contributed by atoms with Gasteiger partial charge in [-0.25, -0.2) is 4.99 Å². The highest BCUT2D eigenvalue weighted by molar-refractivity contribution is 6.09. The van der Waals surface area contributed by atoms with Crippen molar-refractivity contribution < 1.29 is 23.0 Å². The number of guanidine groups is 1. The predicted octanol–water partition coefficient (Wildman–Crippen LogP) is 3.37. The molecule has 0 saturated carbocycles. The van der Waals surface area contributed by atoms with E-state index in [9.17, 15) is 13.6 Å². The van der Waals surface area contributed by atoms with E-state index < -0.39 is 12.2 Å². The molecule has 8 heteroatoms. The summed E-state index contributed by atoms with van der Waals surface area (Å²) in [5.41, 5.74) is 6.57. The average Bonchev–Trinajstić information content (AvgIpc) is 2.96. The summed E-state index contributed by atoms with van der Waals surface area (Å²) in [4.78, 5) is 19.0. The van der Waals surface area contributed by atoms with Crippen molar-refractivity contribution in [2.24, 2.45) is 10.7 Å². The van der Waals surface area contributed by atoms with Crippen LogP contribution in [0.2, 0.25) is 0 Å². The van der Waals surface area contributed by atoms with Gasteiger partial charge in [0, 0.05) is 20.8 Å². The van der Waals surface area contributed by atoms with Crippen molar-refractivity contribution in [3.05, 3.63) is 71.3 Å². The molecule has 2 N–H and O–H groups in total. The predicted molar refractivity (Wildman–Crippen MR) is 110 cm³/mol. The van der Waals surface area contributed by atoms with Gasteiger partial charge in [-0.1, -0.05) is 42.5 Å². The van der Waals surface area contributed by atoms with Crippen molar-refractivity contribution in [1.82, 2.24) is 4.90 Å². The van der Waals surface area contributed by atoms with Crippen LogP contribution in [0.3, 0.4) is 0 Å². The van der Waals surface area contributed by atoms with E-state index in [2.05, 4.69) is 9.73 Å². The van der Waals surface area contributed by atoms with Gasteiger partial charge in [0.2, 0.25) is 0 Å². The quantitative estimate of drug-likeness (QED) is 0.671. The van der Waals surface area contributed by atoms with E-state index in [4.69, 9.17) is 10.5 Å². The van der Waals surface area contributed by atoms with Gasteiger partial charge in [0.1, 0.15) is 5.75 Å². The molecular formula is C22H23F2N3O3. The van der Waals surface area contributed by atoms with Crippen molar-refractivity contribution in [2.45, 2.75) is 18.6 Å². The second-order valence-corrected chi connectivity index (χ2v) is 6.76. The molecule has 0 aromatic heterocycles. The first kappa shape index (κ1) is 21.4. The van der Waals surface area contributed by atoms with Gasteiger partial charge < -0.3 is 15.2 Å². The van der Waals surface area contributed by atoms with Crippen LogP contribution in [0, 0.1) is 0 Å². The topological polar surface area (TPSA) is 77.2 Å². The summed E-state index contributed by atoms with van der Waals surface area (Å²) < 4.78 is 34.4. The number of methoxy groups -OCH3 is 1. The number of amides is 1. The van der Waals surface area contributed by atoms with Crippen LogP contribution >= 0.6 is 0 Å². The normalized spacial score (nSPS) is 19.0. The molecule has 0 saturated heterocycles. The molecule has 1 heterocycles. The Kier molecular flexibility index (Phi) is 6.47. The second-order valence-electron chi connectivity index (χ2n) is 6.76. The van der Waals surface area contributed by atoms with Crippen molar-refractivity contribution in [3.63, 3.8) is 0 Å². The molecule has 0 radical (unpaired) electrons. The Morgan fingerprint density at radius 1 is 1.20 bits per heavy atom. The second kappa shape index (κ2) is 9.04. The number of alkyl halides is 2. The molecule has 2 aromatic rings. The Bertz CT molecular complexity index is 960. The number of halogens is 2. The van der Waals surface area contributed by atoms with Gasteiger partial charge in [0.25, 0.3) is 5.91 Å². The fraction of sp³-hybridized carbons (Fsp3) is 0.273. The van der Waals surface area contributed by atoms with Crippen LogP contribution in [-0.2, 0) is 15.1 Å². The zero-order valence-corrected chi connectivity index (χ0v) is 16.7. The number of nitrogens with two attached hydrogens (primary N) is 1. The van der Waals surface area contributed by atoms with Crippen LogP contribution in [-0.4, -0.2) is 44.1 Å². The van der Waals surface area contributed by atoms with Crippen molar-refractivity contribution >= 4 is 17.9 Å². The number of likely N-dealkylation sites (N-methyl/N-ethyl adjacent to an activating group) is 1. The van der Waals surface area contributed by atoms with Crippen LogP contribution < -0.4 is 10.5 Å². The van der Waals surface area contributed by atoms with Crippen LogP contribution in [0.15, 0.2) is 59.6 Å².